The molecule has 0 saturated carbocycles. The van der Waals surface area contributed by atoms with Crippen molar-refractivity contribution in [3.63, 3.8) is 0 Å². The number of aromatic amines is 1. The zero-order valence-corrected chi connectivity index (χ0v) is 11.4. The largest absolute Gasteiger partial charge is 0.369 e. The van der Waals surface area contributed by atoms with Crippen LogP contribution in [-0.4, -0.2) is 34.8 Å². The van der Waals surface area contributed by atoms with E-state index in [2.05, 4.69) is 15.3 Å². The Morgan fingerprint density at radius 2 is 2.37 bits per heavy atom. The Bertz CT molecular complexity index is 601. The molecule has 0 fully saturated rings. The third-order valence-corrected chi connectivity index (χ3v) is 3.34. The molecule has 0 aliphatic carbocycles. The minimum atomic E-state index is -0.0674. The first kappa shape index (κ1) is 13.3. The molecule has 6 nitrogen and oxygen atoms in total. The normalized spacial score (nSPS) is 10.6. The number of nitrogen functional groups attached to an aromatic ring is 1. The summed E-state index contributed by atoms with van der Waals surface area (Å²) in [4.78, 5) is 18.9. The maximum absolute atomic E-state index is 12.0. The molecule has 2 aromatic rings. The summed E-state index contributed by atoms with van der Waals surface area (Å²) in [5.74, 6) is 0.331. The van der Waals surface area contributed by atoms with E-state index in [0.717, 1.165) is 16.9 Å². The molecule has 2 rings (SSSR count). The van der Waals surface area contributed by atoms with Crippen LogP contribution in [0.25, 0.3) is 0 Å². The van der Waals surface area contributed by atoms with Crippen LogP contribution in [0.4, 0.5) is 5.95 Å². The van der Waals surface area contributed by atoms with E-state index in [1.54, 1.807) is 6.20 Å². The van der Waals surface area contributed by atoms with Crippen LogP contribution < -0.4 is 16.5 Å². The summed E-state index contributed by atoms with van der Waals surface area (Å²) >= 11 is 0. The van der Waals surface area contributed by atoms with Gasteiger partial charge in [0.05, 0.1) is 5.69 Å². The molecule has 4 N–H and O–H groups in total. The Morgan fingerprint density at radius 3 is 2.89 bits per heavy atom. The Morgan fingerprint density at radius 1 is 1.63 bits per heavy atom. The van der Waals surface area contributed by atoms with Crippen LogP contribution in [0.3, 0.4) is 0 Å². The van der Waals surface area contributed by atoms with Crippen molar-refractivity contribution in [2.24, 2.45) is 7.05 Å². The van der Waals surface area contributed by atoms with Gasteiger partial charge in [0.25, 0.3) is 5.91 Å². The lowest BCUT2D eigenvalue weighted by atomic mass is 9.97. The van der Waals surface area contributed by atoms with E-state index in [1.165, 1.54) is 0 Å². The van der Waals surface area contributed by atoms with Crippen LogP contribution in [0.5, 0.6) is 0 Å². The van der Waals surface area contributed by atoms with Crippen molar-refractivity contribution >= 4 is 25.2 Å². The lowest BCUT2D eigenvalue weighted by Crippen LogP contribution is -2.27. The number of nitrogens with one attached hydrogen (secondary N) is 2. The van der Waals surface area contributed by atoms with E-state index in [9.17, 15) is 4.79 Å². The molecule has 2 aromatic heterocycles. The molecule has 1 amide bonds. The van der Waals surface area contributed by atoms with Crippen molar-refractivity contribution in [1.82, 2.24) is 19.9 Å². The molecule has 2 heterocycles. The fourth-order valence-electron chi connectivity index (χ4n) is 1.97. The summed E-state index contributed by atoms with van der Waals surface area (Å²) in [6, 6.07) is 1.90. The molecule has 0 radical (unpaired) electrons. The summed E-state index contributed by atoms with van der Waals surface area (Å²) in [6.07, 6.45) is 2.40. The van der Waals surface area contributed by atoms with Gasteiger partial charge < -0.3 is 20.6 Å². The van der Waals surface area contributed by atoms with Gasteiger partial charge in [-0.25, -0.2) is 4.98 Å². The number of hydrogen-bond donors (Lipinski definition) is 3. The molecule has 100 valence electrons. The minimum Gasteiger partial charge on any atom is -0.369 e. The molecule has 0 aromatic carbocycles. The van der Waals surface area contributed by atoms with Gasteiger partial charge in [-0.05, 0) is 13.0 Å². The molecule has 0 saturated heterocycles. The monoisotopic (exact) mass is 259 g/mol. The van der Waals surface area contributed by atoms with E-state index in [1.807, 2.05) is 32.5 Å². The number of aromatic nitrogens is 3. The average Bonchev–Trinajstić information content (AvgIpc) is 2.89. The molecule has 0 bridgehead atoms. The molecule has 0 aliphatic heterocycles. The molecule has 0 unspecified atom stereocenters. The highest BCUT2D eigenvalue weighted by Gasteiger charge is 2.12. The summed E-state index contributed by atoms with van der Waals surface area (Å²) in [7, 11) is 3.89. The zero-order valence-electron chi connectivity index (χ0n) is 11.4. The second kappa shape index (κ2) is 5.21. The minimum absolute atomic E-state index is 0.0674. The van der Waals surface area contributed by atoms with Crippen LogP contribution in [-0.2, 0) is 13.5 Å². The maximum atomic E-state index is 12.0. The number of nitrogens with zero attached hydrogens (tertiary/aromatic N) is 2. The number of amides is 1. The lowest BCUT2D eigenvalue weighted by molar-refractivity contribution is 0.0946. The van der Waals surface area contributed by atoms with Gasteiger partial charge in [-0.15, -0.1) is 0 Å². The van der Waals surface area contributed by atoms with Gasteiger partial charge in [-0.3, -0.25) is 4.79 Å². The number of H-pyrrole nitrogens is 1. The standard InChI is InChI=1S/C12H18BN5O/c1-7-9(13)5-10(18(7)2)11(19)15-4-3-8-6-16-12(14)17-8/h5-6H,3-4,13H2,1-2H3,(H,15,19)(H3,14,16,17). The smallest absolute Gasteiger partial charge is 0.267 e. The van der Waals surface area contributed by atoms with Gasteiger partial charge >= 0.3 is 0 Å². The average molecular weight is 259 g/mol. The number of nitrogens with two attached hydrogens (primary N) is 1. The van der Waals surface area contributed by atoms with E-state index < -0.39 is 0 Å². The molecule has 0 spiro atoms. The third kappa shape index (κ3) is 2.81. The van der Waals surface area contributed by atoms with Gasteiger partial charge in [0.15, 0.2) is 5.95 Å². The highest BCUT2D eigenvalue weighted by molar-refractivity contribution is 6.33. The van der Waals surface area contributed by atoms with Gasteiger partial charge in [0, 0.05) is 31.9 Å². The fourth-order valence-corrected chi connectivity index (χ4v) is 1.97. The second-order valence-corrected chi connectivity index (χ2v) is 4.64. The topological polar surface area (TPSA) is 88.7 Å². The number of carbonyl (C=O) groups is 1. The Balaban J connectivity index is 1.92. The Kier molecular flexibility index (Phi) is 3.64. The Labute approximate surface area is 112 Å². The molecule has 0 atom stereocenters. The van der Waals surface area contributed by atoms with Crippen LogP contribution in [0, 0.1) is 6.92 Å². The van der Waals surface area contributed by atoms with Crippen molar-refractivity contribution in [3.8, 4) is 0 Å². The number of rotatable bonds is 4. The van der Waals surface area contributed by atoms with E-state index in [0.29, 0.717) is 24.6 Å². The van der Waals surface area contributed by atoms with Gasteiger partial charge in [0.2, 0.25) is 0 Å². The quantitative estimate of drug-likeness (QED) is 0.607. The third-order valence-electron chi connectivity index (χ3n) is 3.34. The van der Waals surface area contributed by atoms with Crippen LogP contribution >= 0.6 is 0 Å². The lowest BCUT2D eigenvalue weighted by Gasteiger charge is -2.06. The summed E-state index contributed by atoms with van der Waals surface area (Å²) in [5.41, 5.74) is 9.23. The first-order valence-corrected chi connectivity index (χ1v) is 6.20. The fraction of sp³-hybridized carbons (Fsp3) is 0.333. The highest BCUT2D eigenvalue weighted by atomic mass is 16.1. The number of hydrogen-bond acceptors (Lipinski definition) is 3. The second-order valence-electron chi connectivity index (χ2n) is 4.64. The number of anilines is 1. The summed E-state index contributed by atoms with van der Waals surface area (Å²) in [5, 5.41) is 2.88. The predicted molar refractivity (Wildman–Crippen MR) is 77.4 cm³/mol. The van der Waals surface area contributed by atoms with E-state index >= 15 is 0 Å². The number of carbonyl (C=O) groups excluding carboxylic acids is 1. The van der Waals surface area contributed by atoms with Gasteiger partial charge in [-0.2, -0.15) is 0 Å². The molecule has 7 heteroatoms. The summed E-state index contributed by atoms with van der Waals surface area (Å²) in [6.45, 7) is 2.53. The Hall–Kier alpha value is -2.18. The first-order chi connectivity index (χ1) is 8.99. The first-order valence-electron chi connectivity index (χ1n) is 6.20. The SMILES string of the molecule is Bc1cc(C(=O)NCCc2c[nH]c(N)n2)n(C)c1C. The molecular weight excluding hydrogens is 241 g/mol. The van der Waals surface area contributed by atoms with Gasteiger partial charge in [-0.1, -0.05) is 5.46 Å². The van der Waals surface area contributed by atoms with E-state index in [-0.39, 0.29) is 5.91 Å². The van der Waals surface area contributed by atoms with Gasteiger partial charge in [0.1, 0.15) is 13.5 Å². The van der Waals surface area contributed by atoms with Crippen LogP contribution in [0.15, 0.2) is 12.3 Å². The van der Waals surface area contributed by atoms with Crippen molar-refractivity contribution in [2.45, 2.75) is 13.3 Å². The number of imidazole rings is 1. The van der Waals surface area contributed by atoms with Crippen LogP contribution in [0.1, 0.15) is 21.9 Å². The highest BCUT2D eigenvalue weighted by Crippen LogP contribution is 2.03. The predicted octanol–water partition coefficient (Wildman–Crippen LogP) is -1.13. The van der Waals surface area contributed by atoms with E-state index in [4.69, 9.17) is 5.73 Å². The van der Waals surface area contributed by atoms with Crippen molar-refractivity contribution in [1.29, 1.82) is 0 Å². The molecule has 0 aliphatic rings. The zero-order chi connectivity index (χ0) is 14.0. The molecular formula is C12H18BN5O. The molecule has 19 heavy (non-hydrogen) atoms. The summed E-state index contributed by atoms with van der Waals surface area (Å²) < 4.78 is 1.90. The maximum Gasteiger partial charge on any atom is 0.267 e. The van der Waals surface area contributed by atoms with Crippen molar-refractivity contribution in [3.05, 3.63) is 29.3 Å². The van der Waals surface area contributed by atoms with Crippen LogP contribution in [0.2, 0.25) is 0 Å². The van der Waals surface area contributed by atoms with Crippen molar-refractivity contribution < 1.29 is 4.79 Å². The van der Waals surface area contributed by atoms with Crippen molar-refractivity contribution in [2.75, 3.05) is 12.3 Å².